The second-order valence-electron chi connectivity index (χ2n) is 4.45. The molecule has 2 N–H and O–H groups in total. The molecule has 2 aromatic heterocycles. The Morgan fingerprint density at radius 3 is 2.61 bits per heavy atom. The molecule has 4 heteroatoms. The highest BCUT2D eigenvalue weighted by molar-refractivity contribution is 5.97. The van der Waals surface area contributed by atoms with E-state index in [0.29, 0.717) is 0 Å². The van der Waals surface area contributed by atoms with Crippen LogP contribution in [0.3, 0.4) is 0 Å². The number of aryl methyl sites for hydroxylation is 2. The Morgan fingerprint density at radius 1 is 1.06 bits per heavy atom. The van der Waals surface area contributed by atoms with E-state index in [0.717, 1.165) is 33.5 Å². The third-order valence-corrected chi connectivity index (χ3v) is 3.02. The molecule has 0 radical (unpaired) electrons. The van der Waals surface area contributed by atoms with Crippen LogP contribution in [0.25, 0.3) is 16.5 Å². The van der Waals surface area contributed by atoms with Crippen LogP contribution in [-0.2, 0) is 0 Å². The Hall–Kier alpha value is -2.36. The van der Waals surface area contributed by atoms with Crippen LogP contribution < -0.4 is 5.73 Å². The summed E-state index contributed by atoms with van der Waals surface area (Å²) in [4.78, 5) is 4.30. The van der Waals surface area contributed by atoms with E-state index in [4.69, 9.17) is 5.73 Å². The Labute approximate surface area is 105 Å². The zero-order chi connectivity index (χ0) is 12.7. The van der Waals surface area contributed by atoms with Crippen molar-refractivity contribution in [2.75, 3.05) is 5.73 Å². The van der Waals surface area contributed by atoms with Gasteiger partial charge in [-0.25, -0.2) is 4.68 Å². The van der Waals surface area contributed by atoms with E-state index in [1.165, 1.54) is 0 Å². The highest BCUT2D eigenvalue weighted by atomic mass is 15.3. The van der Waals surface area contributed by atoms with Crippen LogP contribution in [0, 0.1) is 13.8 Å². The highest BCUT2D eigenvalue weighted by Crippen LogP contribution is 2.27. The van der Waals surface area contributed by atoms with Crippen LogP contribution in [0.2, 0.25) is 0 Å². The maximum absolute atomic E-state index is 5.99. The van der Waals surface area contributed by atoms with E-state index in [1.54, 1.807) is 0 Å². The molecule has 0 aliphatic carbocycles. The number of hydrogen-bond acceptors (Lipinski definition) is 3. The summed E-state index contributed by atoms with van der Waals surface area (Å²) in [5.74, 6) is 0. The summed E-state index contributed by atoms with van der Waals surface area (Å²) in [6.45, 7) is 3.95. The second kappa shape index (κ2) is 3.84. The molecule has 0 amide bonds. The Morgan fingerprint density at radius 2 is 1.89 bits per heavy atom. The van der Waals surface area contributed by atoms with E-state index < -0.39 is 0 Å². The van der Waals surface area contributed by atoms with Crippen LogP contribution in [0.5, 0.6) is 0 Å². The van der Waals surface area contributed by atoms with Gasteiger partial charge in [0.25, 0.3) is 0 Å². The molecule has 0 aliphatic heterocycles. The van der Waals surface area contributed by atoms with Gasteiger partial charge in [0, 0.05) is 34.5 Å². The van der Waals surface area contributed by atoms with Crippen molar-refractivity contribution in [2.24, 2.45) is 0 Å². The average molecular weight is 238 g/mol. The van der Waals surface area contributed by atoms with Crippen molar-refractivity contribution < 1.29 is 0 Å². The van der Waals surface area contributed by atoms with Crippen LogP contribution >= 0.6 is 0 Å². The smallest absolute Gasteiger partial charge is 0.0726 e. The van der Waals surface area contributed by atoms with Gasteiger partial charge in [-0.05, 0) is 38.1 Å². The number of aromatic nitrogens is 3. The van der Waals surface area contributed by atoms with Crippen LogP contribution in [0.4, 0.5) is 5.69 Å². The lowest BCUT2D eigenvalue weighted by molar-refractivity contribution is 0.869. The number of nitrogens with two attached hydrogens (primary N) is 1. The first-order valence-corrected chi connectivity index (χ1v) is 5.82. The van der Waals surface area contributed by atoms with Gasteiger partial charge in [-0.15, -0.1) is 0 Å². The van der Waals surface area contributed by atoms with E-state index in [9.17, 15) is 0 Å². The largest absolute Gasteiger partial charge is 0.398 e. The molecule has 0 fully saturated rings. The lowest BCUT2D eigenvalue weighted by Gasteiger charge is -2.09. The maximum atomic E-state index is 5.99. The molecule has 18 heavy (non-hydrogen) atoms. The van der Waals surface area contributed by atoms with E-state index in [1.807, 2.05) is 55.2 Å². The van der Waals surface area contributed by atoms with Crippen molar-refractivity contribution in [2.45, 2.75) is 13.8 Å². The van der Waals surface area contributed by atoms with Gasteiger partial charge in [0.15, 0.2) is 0 Å². The number of benzene rings is 1. The third-order valence-electron chi connectivity index (χ3n) is 3.02. The topological polar surface area (TPSA) is 56.7 Å². The summed E-state index contributed by atoms with van der Waals surface area (Å²) < 4.78 is 1.87. The molecule has 0 saturated heterocycles. The fourth-order valence-electron chi connectivity index (χ4n) is 2.10. The number of hydrogen-bond donors (Lipinski definition) is 1. The number of anilines is 1. The molecule has 0 saturated carbocycles. The normalized spacial score (nSPS) is 11.0. The maximum Gasteiger partial charge on any atom is 0.0726 e. The first-order chi connectivity index (χ1) is 8.65. The summed E-state index contributed by atoms with van der Waals surface area (Å²) in [5.41, 5.74) is 9.72. The molecule has 0 unspecified atom stereocenters. The van der Waals surface area contributed by atoms with Gasteiger partial charge in [0.2, 0.25) is 0 Å². The molecular formula is C14H14N4. The molecule has 4 nitrogen and oxygen atoms in total. The second-order valence-corrected chi connectivity index (χ2v) is 4.45. The van der Waals surface area contributed by atoms with Gasteiger partial charge in [0.05, 0.1) is 11.4 Å². The molecule has 0 spiro atoms. The van der Waals surface area contributed by atoms with Gasteiger partial charge in [0.1, 0.15) is 0 Å². The molecule has 3 aromatic rings. The number of pyridine rings is 1. The molecular weight excluding hydrogens is 224 g/mol. The lowest BCUT2D eigenvalue weighted by atomic mass is 10.1. The van der Waals surface area contributed by atoms with Gasteiger partial charge in [-0.2, -0.15) is 5.10 Å². The van der Waals surface area contributed by atoms with Crippen molar-refractivity contribution in [3.8, 4) is 5.69 Å². The fourth-order valence-corrected chi connectivity index (χ4v) is 2.10. The molecule has 0 aliphatic rings. The summed E-state index contributed by atoms with van der Waals surface area (Å²) >= 11 is 0. The van der Waals surface area contributed by atoms with Gasteiger partial charge >= 0.3 is 0 Å². The van der Waals surface area contributed by atoms with Gasteiger partial charge in [-0.1, -0.05) is 0 Å². The molecule has 0 atom stereocenters. The quantitative estimate of drug-likeness (QED) is 0.663. The van der Waals surface area contributed by atoms with E-state index >= 15 is 0 Å². The van der Waals surface area contributed by atoms with E-state index in [-0.39, 0.29) is 0 Å². The van der Waals surface area contributed by atoms with Crippen molar-refractivity contribution in [3.05, 3.63) is 48.0 Å². The van der Waals surface area contributed by atoms with Crippen molar-refractivity contribution in [1.29, 1.82) is 0 Å². The van der Waals surface area contributed by atoms with Crippen molar-refractivity contribution in [3.63, 3.8) is 0 Å². The minimum Gasteiger partial charge on any atom is -0.398 e. The molecule has 90 valence electrons. The SMILES string of the molecule is Cc1cc2c(-n3ccc(C)n3)ccc(N)c2cn1. The minimum atomic E-state index is 0.741. The summed E-state index contributed by atoms with van der Waals surface area (Å²) in [5, 5.41) is 6.48. The lowest BCUT2D eigenvalue weighted by Crippen LogP contribution is -1.99. The van der Waals surface area contributed by atoms with Crippen molar-refractivity contribution in [1.82, 2.24) is 14.8 Å². The number of nitrogen functional groups attached to an aromatic ring is 1. The minimum absolute atomic E-state index is 0.741. The Balaban J connectivity index is 2.36. The summed E-state index contributed by atoms with van der Waals surface area (Å²) in [7, 11) is 0. The van der Waals surface area contributed by atoms with Crippen LogP contribution in [-0.4, -0.2) is 14.8 Å². The number of fused-ring (bicyclic) bond motifs is 1. The van der Waals surface area contributed by atoms with Crippen LogP contribution in [0.15, 0.2) is 36.7 Å². The zero-order valence-electron chi connectivity index (χ0n) is 10.4. The summed E-state index contributed by atoms with van der Waals surface area (Å²) in [6, 6.07) is 7.91. The zero-order valence-corrected chi connectivity index (χ0v) is 10.4. The van der Waals surface area contributed by atoms with Crippen molar-refractivity contribution >= 4 is 16.5 Å². The third kappa shape index (κ3) is 1.62. The first-order valence-electron chi connectivity index (χ1n) is 5.82. The predicted octanol–water partition coefficient (Wildman–Crippen LogP) is 2.62. The number of nitrogens with zero attached hydrogens (tertiary/aromatic N) is 3. The Kier molecular flexibility index (Phi) is 2.30. The molecule has 2 heterocycles. The predicted molar refractivity (Wildman–Crippen MR) is 72.8 cm³/mol. The average Bonchev–Trinajstić information content (AvgIpc) is 2.76. The Bertz CT molecular complexity index is 728. The fraction of sp³-hybridized carbons (Fsp3) is 0.143. The highest BCUT2D eigenvalue weighted by Gasteiger charge is 2.07. The van der Waals surface area contributed by atoms with E-state index in [2.05, 4.69) is 10.1 Å². The van der Waals surface area contributed by atoms with Gasteiger partial charge in [-0.3, -0.25) is 4.98 Å². The number of rotatable bonds is 1. The van der Waals surface area contributed by atoms with Crippen LogP contribution in [0.1, 0.15) is 11.4 Å². The molecule has 0 bridgehead atoms. The molecule has 1 aromatic carbocycles. The summed E-state index contributed by atoms with van der Waals surface area (Å²) in [6.07, 6.45) is 3.77. The first kappa shape index (κ1) is 10.8. The van der Waals surface area contributed by atoms with Gasteiger partial charge < -0.3 is 5.73 Å². The monoisotopic (exact) mass is 238 g/mol. The standard InChI is InChI=1S/C14H14N4/c1-9-5-6-18(17-9)14-4-3-13(15)12-8-16-10(2)7-11(12)14/h3-8H,15H2,1-2H3. The molecule has 3 rings (SSSR count).